The smallest absolute Gasteiger partial charge is 0.179 e. The fraction of sp³-hybridized carbons (Fsp3) is 0.667. The molecule has 5 N–H and O–H groups in total. The second-order valence-corrected chi connectivity index (χ2v) is 11.3. The first-order valence-corrected chi connectivity index (χ1v) is 11.6. The minimum atomic E-state index is -1.61. The van der Waals surface area contributed by atoms with E-state index >= 15 is 0 Å². The van der Waals surface area contributed by atoms with Crippen LogP contribution in [0.4, 0.5) is 4.39 Å². The third kappa shape index (κ3) is 129. The molecule has 0 spiro atoms. The van der Waals surface area contributed by atoms with Gasteiger partial charge in [0.2, 0.25) is 0 Å². The van der Waals surface area contributed by atoms with Gasteiger partial charge in [-0.25, -0.2) is 4.39 Å². The predicted octanol–water partition coefficient (Wildman–Crippen LogP) is 3.50. The van der Waals surface area contributed by atoms with Crippen molar-refractivity contribution >= 4 is 8.32 Å². The van der Waals surface area contributed by atoms with Gasteiger partial charge < -0.3 is 25.2 Å². The van der Waals surface area contributed by atoms with E-state index in [9.17, 15) is 4.39 Å². The van der Waals surface area contributed by atoms with Gasteiger partial charge in [0.25, 0.3) is 0 Å². The summed E-state index contributed by atoms with van der Waals surface area (Å²) in [5.74, 6) is -0.241. The summed E-state index contributed by atoms with van der Waals surface area (Å²) in [5.41, 5.74) is 0. The standard InChI is InChI=1S/C6H5FO.C3H10OSi.3C3H8O.Ta/c7-5-1-3-6(8)4-2-5;1-5(2,3)4;3*1-3(2)4;/h1-4,8H;4H,1-3H3;3*3-4H,1-2H3;. The number of phenolic OH excluding ortho intramolecular Hbond substituents is 1. The number of aliphatic hydroxyl groups is 3. The minimum absolute atomic E-state index is 0. The Morgan fingerprint density at radius 2 is 0.885 bits per heavy atom. The van der Waals surface area contributed by atoms with E-state index in [4.69, 9.17) is 25.2 Å². The van der Waals surface area contributed by atoms with Crippen molar-refractivity contribution in [2.75, 3.05) is 0 Å². The molecule has 0 fully saturated rings. The fourth-order valence-electron chi connectivity index (χ4n) is 0.441. The number of benzene rings is 1. The van der Waals surface area contributed by atoms with Crippen molar-refractivity contribution in [1.29, 1.82) is 0 Å². The SMILES string of the molecule is CC(C)O.CC(C)O.CC(C)O.C[Si](C)(C)O.Oc1ccc(F)cc1.[Ta]. The first-order valence-electron chi connectivity index (χ1n) is 8.20. The largest absolute Gasteiger partial charge is 0.508 e. The summed E-state index contributed by atoms with van der Waals surface area (Å²) in [6.45, 7) is 16.0. The van der Waals surface area contributed by atoms with Crippen molar-refractivity contribution < 1.29 is 52.0 Å². The number of halogens is 1. The van der Waals surface area contributed by atoms with Crippen molar-refractivity contribution in [2.24, 2.45) is 0 Å². The van der Waals surface area contributed by atoms with Gasteiger partial charge in [0.05, 0.1) is 0 Å². The molecule has 0 atom stereocenters. The van der Waals surface area contributed by atoms with Crippen LogP contribution < -0.4 is 0 Å². The number of aromatic hydroxyl groups is 1. The summed E-state index contributed by atoms with van der Waals surface area (Å²) < 4.78 is 12.0. The zero-order valence-electron chi connectivity index (χ0n) is 17.6. The van der Waals surface area contributed by atoms with Crippen LogP contribution in [0.5, 0.6) is 5.75 Å². The summed E-state index contributed by atoms with van der Waals surface area (Å²) >= 11 is 0. The molecule has 1 aromatic carbocycles. The molecule has 0 saturated heterocycles. The molecule has 0 aliphatic carbocycles. The molecule has 8 heteroatoms. The number of hydrogen-bond donors (Lipinski definition) is 5. The Morgan fingerprint density at radius 3 is 1.00 bits per heavy atom. The maximum absolute atomic E-state index is 12.0. The van der Waals surface area contributed by atoms with Crippen molar-refractivity contribution in [3.63, 3.8) is 0 Å². The van der Waals surface area contributed by atoms with Crippen LogP contribution in [0.15, 0.2) is 24.3 Å². The Balaban J connectivity index is -0.0000000731. The van der Waals surface area contributed by atoms with Crippen LogP contribution in [0, 0.1) is 5.82 Å². The van der Waals surface area contributed by atoms with Gasteiger partial charge in [0, 0.05) is 40.7 Å². The number of rotatable bonds is 0. The Morgan fingerprint density at radius 1 is 0.731 bits per heavy atom. The Bertz CT molecular complexity index is 319. The van der Waals surface area contributed by atoms with Gasteiger partial charge in [0.1, 0.15) is 11.6 Å². The van der Waals surface area contributed by atoms with Crippen LogP contribution in [-0.2, 0) is 22.4 Å². The Kier molecular flexibility index (Phi) is 32.1. The van der Waals surface area contributed by atoms with Crippen LogP contribution in [0.25, 0.3) is 0 Å². The molecule has 0 saturated carbocycles. The van der Waals surface area contributed by atoms with E-state index in [2.05, 4.69) is 0 Å². The molecule has 1 aromatic rings. The maximum Gasteiger partial charge on any atom is 0.179 e. The van der Waals surface area contributed by atoms with Crippen molar-refractivity contribution in [3.8, 4) is 5.75 Å². The molecule has 0 aliphatic heterocycles. The molecule has 0 aliphatic rings. The molecule has 157 valence electrons. The molecule has 0 bridgehead atoms. The molecular weight excluding hydrogens is 524 g/mol. The first-order chi connectivity index (χ1) is 11.0. The maximum atomic E-state index is 12.0. The molecule has 5 nitrogen and oxygen atoms in total. The van der Waals surface area contributed by atoms with Crippen LogP contribution in [0.1, 0.15) is 41.5 Å². The monoisotopic (exact) mass is 563 g/mol. The van der Waals surface area contributed by atoms with Crippen molar-refractivity contribution in [1.82, 2.24) is 0 Å². The summed E-state index contributed by atoms with van der Waals surface area (Å²) in [6, 6.07) is 5.01. The van der Waals surface area contributed by atoms with Gasteiger partial charge in [-0.2, -0.15) is 0 Å². The van der Waals surface area contributed by atoms with E-state index < -0.39 is 8.32 Å². The van der Waals surface area contributed by atoms with Gasteiger partial charge in [-0.3, -0.25) is 0 Å². The van der Waals surface area contributed by atoms with Crippen LogP contribution in [-0.4, -0.2) is 51.9 Å². The third-order valence-corrected chi connectivity index (χ3v) is 0.827. The van der Waals surface area contributed by atoms with Gasteiger partial charge in [-0.05, 0) is 85.4 Å². The van der Waals surface area contributed by atoms with E-state index in [0.29, 0.717) is 0 Å². The summed E-state index contributed by atoms with van der Waals surface area (Å²) in [5, 5.41) is 32.8. The predicted molar refractivity (Wildman–Crippen MR) is 106 cm³/mol. The molecule has 0 heterocycles. The van der Waals surface area contributed by atoms with E-state index in [1.165, 1.54) is 24.3 Å². The van der Waals surface area contributed by atoms with Gasteiger partial charge in [-0.1, -0.05) is 0 Å². The molecule has 0 amide bonds. The summed E-state index contributed by atoms with van der Waals surface area (Å²) in [4.78, 5) is 8.66. The normalized spacial score (nSPS) is 9.27. The quantitative estimate of drug-likeness (QED) is 0.311. The van der Waals surface area contributed by atoms with Crippen LogP contribution in [0.3, 0.4) is 0 Å². The second kappa shape index (κ2) is 22.8. The topological polar surface area (TPSA) is 101 Å². The number of phenols is 1. The van der Waals surface area contributed by atoms with Gasteiger partial charge in [0.15, 0.2) is 8.32 Å². The van der Waals surface area contributed by atoms with E-state index in [1.807, 2.05) is 19.6 Å². The zero-order chi connectivity index (χ0) is 21.2. The fourth-order valence-corrected chi connectivity index (χ4v) is 0.441. The van der Waals surface area contributed by atoms with Crippen LogP contribution >= 0.6 is 0 Å². The average Bonchev–Trinajstić information content (AvgIpc) is 2.28. The second-order valence-electron chi connectivity index (χ2n) is 6.93. The van der Waals surface area contributed by atoms with E-state index in [-0.39, 0.29) is 52.3 Å². The summed E-state index contributed by atoms with van der Waals surface area (Å²) in [7, 11) is -1.61. The van der Waals surface area contributed by atoms with Gasteiger partial charge >= 0.3 is 0 Å². The summed E-state index contributed by atoms with van der Waals surface area (Å²) in [6.07, 6.45) is -0.500. The molecule has 1 radical (unpaired) electrons. The number of hydrogen-bond acceptors (Lipinski definition) is 5. The Labute approximate surface area is 175 Å². The first kappa shape index (κ1) is 36.6. The van der Waals surface area contributed by atoms with E-state index in [0.717, 1.165) is 0 Å². The van der Waals surface area contributed by atoms with Gasteiger partial charge in [-0.15, -0.1) is 0 Å². The zero-order valence-corrected chi connectivity index (χ0v) is 21.8. The molecule has 26 heavy (non-hydrogen) atoms. The number of aliphatic hydroxyl groups excluding tert-OH is 3. The third-order valence-electron chi connectivity index (χ3n) is 0.827. The average molecular weight is 564 g/mol. The minimum Gasteiger partial charge on any atom is -0.508 e. The molecule has 1 rings (SSSR count). The van der Waals surface area contributed by atoms with Crippen molar-refractivity contribution in [3.05, 3.63) is 30.1 Å². The Hall–Kier alpha value is -0.253. The molecule has 0 aromatic heterocycles. The molecule has 0 unspecified atom stereocenters. The van der Waals surface area contributed by atoms with E-state index in [1.54, 1.807) is 41.5 Å². The van der Waals surface area contributed by atoms with Crippen LogP contribution in [0.2, 0.25) is 19.6 Å². The van der Waals surface area contributed by atoms with Crippen molar-refractivity contribution in [2.45, 2.75) is 79.5 Å². The molecular formula is C18H39FO5SiTa.